The maximum absolute atomic E-state index is 13.2. The van der Waals surface area contributed by atoms with Crippen LogP contribution >= 0.6 is 11.6 Å². The van der Waals surface area contributed by atoms with Gasteiger partial charge < -0.3 is 14.6 Å². The van der Waals surface area contributed by atoms with Gasteiger partial charge in [-0.15, -0.1) is 0 Å². The molecular weight excluding hydrogens is 428 g/mol. The fourth-order valence-corrected chi connectivity index (χ4v) is 5.66. The van der Waals surface area contributed by atoms with E-state index >= 15 is 0 Å². The molecule has 1 aliphatic rings. The van der Waals surface area contributed by atoms with E-state index in [1.165, 1.54) is 16.4 Å². The van der Waals surface area contributed by atoms with Crippen molar-refractivity contribution in [3.8, 4) is 0 Å². The molecule has 0 aliphatic carbocycles. The first-order valence-electron chi connectivity index (χ1n) is 10.0. The topological polar surface area (TPSA) is 93.5 Å². The highest BCUT2D eigenvalue weighted by molar-refractivity contribution is 7.89. The van der Waals surface area contributed by atoms with Crippen LogP contribution in [-0.2, 0) is 21.3 Å². The number of aryl methyl sites for hydroxylation is 1. The third-order valence-electron chi connectivity index (χ3n) is 5.17. The average Bonchev–Trinajstić information content (AvgIpc) is 3.23. The van der Waals surface area contributed by atoms with Crippen LogP contribution in [0.1, 0.15) is 32.6 Å². The second-order valence-electron chi connectivity index (χ2n) is 7.40. The molecule has 2 heterocycles. The summed E-state index contributed by atoms with van der Waals surface area (Å²) >= 11 is 5.89. The number of benzene rings is 1. The van der Waals surface area contributed by atoms with Crippen molar-refractivity contribution in [3.05, 3.63) is 48.0 Å². The van der Waals surface area contributed by atoms with Gasteiger partial charge in [-0.05, 0) is 50.5 Å². The summed E-state index contributed by atoms with van der Waals surface area (Å²) in [7, 11) is -3.72. The number of ether oxygens (including phenoxy) is 1. The Kier molecular flexibility index (Phi) is 7.74. The standard InChI is InChI=1S/C20H27ClN4O4S/c1-16-4-2-5-18(25(16)30(27,28)19-8-6-17(21)7-9-19)14-29-20(26)23-10-3-12-24-13-11-22-15-24/h6-9,11,13,15-16,18H,2-5,10,12,14H2,1H3,(H,23,26)/t16-,18-/m1/s1. The summed E-state index contributed by atoms with van der Waals surface area (Å²) in [6.07, 6.45) is 7.78. The number of nitrogens with one attached hydrogen (secondary N) is 1. The Bertz CT molecular complexity index is 919. The first-order valence-corrected chi connectivity index (χ1v) is 11.8. The summed E-state index contributed by atoms with van der Waals surface area (Å²) in [4.78, 5) is 16.2. The molecule has 1 aromatic carbocycles. The van der Waals surface area contributed by atoms with Crippen molar-refractivity contribution in [2.45, 2.75) is 56.1 Å². The van der Waals surface area contributed by atoms with Crippen molar-refractivity contribution in [2.24, 2.45) is 0 Å². The van der Waals surface area contributed by atoms with Crippen molar-refractivity contribution in [1.82, 2.24) is 19.2 Å². The van der Waals surface area contributed by atoms with Crippen molar-refractivity contribution in [2.75, 3.05) is 13.2 Å². The predicted octanol–water partition coefficient (Wildman–Crippen LogP) is 3.28. The van der Waals surface area contributed by atoms with Gasteiger partial charge in [0, 0.05) is 36.5 Å². The van der Waals surface area contributed by atoms with E-state index in [0.29, 0.717) is 18.0 Å². The lowest BCUT2D eigenvalue weighted by atomic mass is 10.0. The zero-order chi connectivity index (χ0) is 21.6. The number of piperidine rings is 1. The number of rotatable bonds is 8. The molecule has 1 fully saturated rings. The zero-order valence-electron chi connectivity index (χ0n) is 16.9. The zero-order valence-corrected chi connectivity index (χ0v) is 18.5. The van der Waals surface area contributed by atoms with Gasteiger partial charge in [0.05, 0.1) is 17.3 Å². The Balaban J connectivity index is 1.55. The molecule has 10 heteroatoms. The molecule has 0 bridgehead atoms. The van der Waals surface area contributed by atoms with E-state index in [4.69, 9.17) is 16.3 Å². The van der Waals surface area contributed by atoms with Gasteiger partial charge in [0.1, 0.15) is 6.61 Å². The van der Waals surface area contributed by atoms with Gasteiger partial charge in [-0.25, -0.2) is 18.2 Å². The van der Waals surface area contributed by atoms with Crippen LogP contribution < -0.4 is 5.32 Å². The average molecular weight is 455 g/mol. The Hall–Kier alpha value is -2.10. The third kappa shape index (κ3) is 5.74. The highest BCUT2D eigenvalue weighted by atomic mass is 35.5. The fraction of sp³-hybridized carbons (Fsp3) is 0.500. The first kappa shape index (κ1) is 22.6. The van der Waals surface area contributed by atoms with Crippen LogP contribution in [0.15, 0.2) is 47.9 Å². The van der Waals surface area contributed by atoms with E-state index in [9.17, 15) is 13.2 Å². The molecule has 0 spiro atoms. The minimum Gasteiger partial charge on any atom is -0.448 e. The van der Waals surface area contributed by atoms with Gasteiger partial charge in [0.2, 0.25) is 10.0 Å². The number of nitrogens with zero attached hydrogens (tertiary/aromatic N) is 3. The van der Waals surface area contributed by atoms with E-state index in [-0.39, 0.29) is 17.5 Å². The van der Waals surface area contributed by atoms with Crippen molar-refractivity contribution < 1.29 is 17.9 Å². The van der Waals surface area contributed by atoms with Crippen LogP contribution in [0.2, 0.25) is 5.02 Å². The largest absolute Gasteiger partial charge is 0.448 e. The molecule has 1 aliphatic heterocycles. The SMILES string of the molecule is C[C@@H]1CCC[C@H](COC(=O)NCCCn2ccnc2)N1S(=O)(=O)c1ccc(Cl)cc1. The summed E-state index contributed by atoms with van der Waals surface area (Å²) in [5, 5.41) is 3.19. The Morgan fingerprint density at radius 2 is 2.07 bits per heavy atom. The highest BCUT2D eigenvalue weighted by Gasteiger charge is 2.38. The molecular formula is C20H27ClN4O4S. The molecule has 0 saturated carbocycles. The molecule has 3 rings (SSSR count). The van der Waals surface area contributed by atoms with Gasteiger partial charge in [-0.2, -0.15) is 4.31 Å². The van der Waals surface area contributed by atoms with E-state index in [1.807, 2.05) is 17.7 Å². The molecule has 1 amide bonds. The normalized spacial score (nSPS) is 20.1. The van der Waals surface area contributed by atoms with Crippen molar-refractivity contribution in [1.29, 1.82) is 0 Å². The highest BCUT2D eigenvalue weighted by Crippen LogP contribution is 2.30. The second kappa shape index (κ2) is 10.3. The van der Waals surface area contributed by atoms with Crippen LogP contribution in [0, 0.1) is 0 Å². The summed E-state index contributed by atoms with van der Waals surface area (Å²) < 4.78 is 35.2. The smallest absolute Gasteiger partial charge is 0.407 e. The molecule has 8 nitrogen and oxygen atoms in total. The van der Waals surface area contributed by atoms with E-state index in [0.717, 1.165) is 25.8 Å². The van der Waals surface area contributed by atoms with Gasteiger partial charge in [-0.1, -0.05) is 18.0 Å². The Morgan fingerprint density at radius 1 is 1.30 bits per heavy atom. The quantitative estimate of drug-likeness (QED) is 0.618. The lowest BCUT2D eigenvalue weighted by Gasteiger charge is -2.39. The Morgan fingerprint density at radius 3 is 2.77 bits per heavy atom. The van der Waals surface area contributed by atoms with E-state index in [1.54, 1.807) is 24.7 Å². The molecule has 1 aromatic heterocycles. The van der Waals surface area contributed by atoms with E-state index < -0.39 is 22.2 Å². The number of hydrogen-bond donors (Lipinski definition) is 1. The number of amides is 1. The monoisotopic (exact) mass is 454 g/mol. The van der Waals surface area contributed by atoms with Crippen molar-refractivity contribution in [3.63, 3.8) is 0 Å². The second-order valence-corrected chi connectivity index (χ2v) is 9.68. The maximum atomic E-state index is 13.2. The number of alkyl carbamates (subject to hydrolysis) is 1. The lowest BCUT2D eigenvalue weighted by Crippen LogP contribution is -2.51. The van der Waals surface area contributed by atoms with Crippen LogP contribution in [-0.4, -0.2) is 53.6 Å². The third-order valence-corrected chi connectivity index (χ3v) is 7.50. The molecule has 164 valence electrons. The van der Waals surface area contributed by atoms with Crippen LogP contribution in [0.25, 0.3) is 0 Å². The summed E-state index contributed by atoms with van der Waals surface area (Å²) in [6, 6.07) is 5.56. The van der Waals surface area contributed by atoms with Gasteiger partial charge in [0.25, 0.3) is 0 Å². The molecule has 0 unspecified atom stereocenters. The minimum absolute atomic E-state index is 0.0184. The number of hydrogen-bond acceptors (Lipinski definition) is 5. The molecule has 2 atom stereocenters. The minimum atomic E-state index is -3.72. The number of sulfonamides is 1. The number of halogens is 1. The molecule has 1 N–H and O–H groups in total. The van der Waals surface area contributed by atoms with Gasteiger partial charge >= 0.3 is 6.09 Å². The summed E-state index contributed by atoms with van der Waals surface area (Å²) in [6.45, 7) is 3.11. The number of carbonyl (C=O) groups excluding carboxylic acids is 1. The summed E-state index contributed by atoms with van der Waals surface area (Å²) in [5.41, 5.74) is 0. The van der Waals surface area contributed by atoms with Crippen molar-refractivity contribution >= 4 is 27.7 Å². The summed E-state index contributed by atoms with van der Waals surface area (Å²) in [5.74, 6) is 0. The Labute approximate surface area is 182 Å². The van der Waals surface area contributed by atoms with Gasteiger partial charge in [-0.3, -0.25) is 0 Å². The molecule has 30 heavy (non-hydrogen) atoms. The first-order chi connectivity index (χ1) is 14.4. The molecule has 2 aromatic rings. The molecule has 0 radical (unpaired) electrons. The number of imidazole rings is 1. The molecule has 1 saturated heterocycles. The maximum Gasteiger partial charge on any atom is 0.407 e. The van der Waals surface area contributed by atoms with Gasteiger partial charge in [0.15, 0.2) is 0 Å². The van der Waals surface area contributed by atoms with Crippen LogP contribution in [0.4, 0.5) is 4.79 Å². The van der Waals surface area contributed by atoms with Crippen LogP contribution in [0.5, 0.6) is 0 Å². The lowest BCUT2D eigenvalue weighted by molar-refractivity contribution is 0.0892. The number of aromatic nitrogens is 2. The van der Waals surface area contributed by atoms with Crippen LogP contribution in [0.3, 0.4) is 0 Å². The number of carbonyl (C=O) groups is 1. The predicted molar refractivity (Wildman–Crippen MR) is 114 cm³/mol. The fourth-order valence-electron chi connectivity index (χ4n) is 3.68. The van der Waals surface area contributed by atoms with E-state index in [2.05, 4.69) is 10.3 Å².